The van der Waals surface area contributed by atoms with E-state index in [0.717, 1.165) is 18.4 Å². The van der Waals surface area contributed by atoms with Gasteiger partial charge in [-0.2, -0.15) is 0 Å². The molecule has 0 fully saturated rings. The van der Waals surface area contributed by atoms with Crippen molar-refractivity contribution in [3.05, 3.63) is 23.5 Å². The molecule has 0 aliphatic rings. The number of nitrogens with zero attached hydrogens (tertiary/aromatic N) is 1. The van der Waals surface area contributed by atoms with Crippen molar-refractivity contribution in [2.75, 3.05) is 20.3 Å². The number of pyridine rings is 1. The van der Waals surface area contributed by atoms with Crippen LogP contribution in [-0.4, -0.2) is 42.2 Å². The van der Waals surface area contributed by atoms with Gasteiger partial charge in [0.2, 0.25) is 0 Å². The zero-order valence-electron chi connectivity index (χ0n) is 12.2. The van der Waals surface area contributed by atoms with Crippen molar-refractivity contribution in [3.8, 4) is 5.75 Å². The Balaban J connectivity index is 2.69. The van der Waals surface area contributed by atoms with E-state index >= 15 is 0 Å². The predicted molar refractivity (Wildman–Crippen MR) is 75.3 cm³/mol. The third-order valence-corrected chi connectivity index (χ3v) is 2.66. The Bertz CT molecular complexity index is 490. The maximum absolute atomic E-state index is 11.8. The average molecular weight is 296 g/mol. The van der Waals surface area contributed by atoms with Gasteiger partial charge in [0.15, 0.2) is 11.4 Å². The smallest absolute Gasteiger partial charge is 0.322 e. The topological polar surface area (TPSA) is 97.8 Å². The third-order valence-electron chi connectivity index (χ3n) is 2.66. The van der Waals surface area contributed by atoms with Gasteiger partial charge in [-0.1, -0.05) is 13.3 Å². The van der Waals surface area contributed by atoms with E-state index in [1.54, 1.807) is 6.07 Å². The molecule has 7 nitrogen and oxygen atoms in total. The predicted octanol–water partition coefficient (Wildman–Crippen LogP) is 1.22. The summed E-state index contributed by atoms with van der Waals surface area (Å²) < 4.78 is 10.6. The van der Waals surface area contributed by atoms with Crippen LogP contribution in [0, 0.1) is 0 Å². The van der Waals surface area contributed by atoms with Crippen molar-refractivity contribution in [2.45, 2.75) is 26.4 Å². The molecule has 1 aromatic rings. The molecule has 2 N–H and O–H groups in total. The number of carbonyl (C=O) groups is 2. The zero-order valence-corrected chi connectivity index (χ0v) is 12.2. The van der Waals surface area contributed by atoms with Crippen molar-refractivity contribution in [1.82, 2.24) is 10.3 Å². The molecule has 0 radical (unpaired) electrons. The number of amides is 1. The zero-order chi connectivity index (χ0) is 15.7. The molecule has 116 valence electrons. The molecule has 0 saturated heterocycles. The number of methoxy groups -OCH3 is 1. The first-order chi connectivity index (χ1) is 10.1. The minimum absolute atomic E-state index is 0.0519. The number of carboxylic acid groups (broad SMARTS) is 1. The van der Waals surface area contributed by atoms with Gasteiger partial charge < -0.3 is 19.9 Å². The normalized spacial score (nSPS) is 10.2. The maximum Gasteiger partial charge on any atom is 0.322 e. The van der Waals surface area contributed by atoms with Crippen LogP contribution in [0.1, 0.15) is 35.8 Å². The van der Waals surface area contributed by atoms with Crippen LogP contribution in [0.25, 0.3) is 0 Å². The van der Waals surface area contributed by atoms with Gasteiger partial charge in [-0.05, 0) is 18.1 Å². The second kappa shape index (κ2) is 8.91. The highest BCUT2D eigenvalue weighted by molar-refractivity contribution is 5.96. The van der Waals surface area contributed by atoms with Gasteiger partial charge in [0.05, 0.1) is 13.7 Å². The highest BCUT2D eigenvalue weighted by atomic mass is 16.5. The van der Waals surface area contributed by atoms with Crippen molar-refractivity contribution in [3.63, 3.8) is 0 Å². The Kier molecular flexibility index (Phi) is 7.17. The molecule has 0 atom stereocenters. The quantitative estimate of drug-likeness (QED) is 0.665. The summed E-state index contributed by atoms with van der Waals surface area (Å²) in [6.07, 6.45) is 3.56. The molecule has 0 spiro atoms. The minimum Gasteiger partial charge on any atom is -0.494 e. The van der Waals surface area contributed by atoms with Crippen molar-refractivity contribution in [2.24, 2.45) is 0 Å². The van der Waals surface area contributed by atoms with Gasteiger partial charge in [-0.15, -0.1) is 0 Å². The minimum atomic E-state index is -1.12. The van der Waals surface area contributed by atoms with Crippen LogP contribution in [0.5, 0.6) is 5.75 Å². The second-order valence-electron chi connectivity index (χ2n) is 4.38. The molecule has 0 saturated carbocycles. The summed E-state index contributed by atoms with van der Waals surface area (Å²) in [6, 6.07) is 1.66. The number of hydrogen-bond donors (Lipinski definition) is 2. The third kappa shape index (κ3) is 5.78. The summed E-state index contributed by atoms with van der Waals surface area (Å²) in [6.45, 7) is 2.67. The van der Waals surface area contributed by atoms with Gasteiger partial charge in [-0.3, -0.25) is 9.59 Å². The van der Waals surface area contributed by atoms with E-state index in [9.17, 15) is 9.59 Å². The van der Waals surface area contributed by atoms with Crippen LogP contribution in [0.15, 0.2) is 12.3 Å². The van der Waals surface area contributed by atoms with E-state index < -0.39 is 18.4 Å². The molecule has 21 heavy (non-hydrogen) atoms. The van der Waals surface area contributed by atoms with E-state index in [-0.39, 0.29) is 11.4 Å². The van der Waals surface area contributed by atoms with E-state index in [2.05, 4.69) is 17.2 Å². The number of nitrogens with one attached hydrogen (secondary N) is 1. The van der Waals surface area contributed by atoms with Crippen LogP contribution in [-0.2, 0) is 16.1 Å². The van der Waals surface area contributed by atoms with Crippen LogP contribution in [0.2, 0.25) is 0 Å². The summed E-state index contributed by atoms with van der Waals surface area (Å²) in [4.78, 5) is 26.2. The Morgan fingerprint density at radius 1 is 1.43 bits per heavy atom. The summed E-state index contributed by atoms with van der Waals surface area (Å²) >= 11 is 0. The van der Waals surface area contributed by atoms with Gasteiger partial charge in [-0.25, -0.2) is 4.98 Å². The number of carboxylic acids is 1. The Morgan fingerprint density at radius 3 is 2.81 bits per heavy atom. The van der Waals surface area contributed by atoms with E-state index in [4.69, 9.17) is 14.6 Å². The Morgan fingerprint density at radius 2 is 2.19 bits per heavy atom. The monoisotopic (exact) mass is 296 g/mol. The van der Waals surface area contributed by atoms with Crippen molar-refractivity contribution in [1.29, 1.82) is 0 Å². The molecule has 0 bridgehead atoms. The number of rotatable bonds is 9. The van der Waals surface area contributed by atoms with Crippen molar-refractivity contribution >= 4 is 11.9 Å². The fourth-order valence-corrected chi connectivity index (χ4v) is 1.57. The number of hydrogen-bond acceptors (Lipinski definition) is 5. The second-order valence-corrected chi connectivity index (χ2v) is 4.38. The lowest BCUT2D eigenvalue weighted by atomic mass is 10.2. The fourth-order valence-electron chi connectivity index (χ4n) is 1.57. The number of carbonyl (C=O) groups excluding carboxylic acids is 1. The van der Waals surface area contributed by atoms with Crippen LogP contribution >= 0.6 is 0 Å². The molecule has 1 aromatic heterocycles. The first-order valence-electron chi connectivity index (χ1n) is 6.69. The van der Waals surface area contributed by atoms with E-state index in [1.165, 1.54) is 13.3 Å². The standard InChI is InChI=1S/C14H20N2O5/c1-3-4-5-21-9-10-6-11(20-2)13(15-7-10)14(19)16-8-12(17)18/h6-7H,3-5,8-9H2,1-2H3,(H,16,19)(H,17,18). The van der Waals surface area contributed by atoms with Crippen LogP contribution < -0.4 is 10.1 Å². The lowest BCUT2D eigenvalue weighted by Crippen LogP contribution is -2.30. The van der Waals surface area contributed by atoms with Gasteiger partial charge >= 0.3 is 5.97 Å². The number of ether oxygens (including phenoxy) is 2. The Labute approximate surface area is 123 Å². The molecule has 0 aromatic carbocycles. The van der Waals surface area contributed by atoms with Crippen LogP contribution in [0.4, 0.5) is 0 Å². The summed E-state index contributed by atoms with van der Waals surface area (Å²) in [5, 5.41) is 10.8. The largest absolute Gasteiger partial charge is 0.494 e. The average Bonchev–Trinajstić information content (AvgIpc) is 2.49. The molecular formula is C14H20N2O5. The fraction of sp³-hybridized carbons (Fsp3) is 0.500. The van der Waals surface area contributed by atoms with E-state index in [0.29, 0.717) is 13.2 Å². The lowest BCUT2D eigenvalue weighted by molar-refractivity contribution is -0.135. The number of aromatic nitrogens is 1. The molecule has 7 heteroatoms. The number of unbranched alkanes of at least 4 members (excludes halogenated alkanes) is 1. The van der Waals surface area contributed by atoms with Crippen LogP contribution in [0.3, 0.4) is 0 Å². The maximum atomic E-state index is 11.8. The summed E-state index contributed by atoms with van der Waals surface area (Å²) in [5.41, 5.74) is 0.841. The highest BCUT2D eigenvalue weighted by Crippen LogP contribution is 2.18. The molecule has 0 unspecified atom stereocenters. The van der Waals surface area contributed by atoms with E-state index in [1.807, 2.05) is 0 Å². The van der Waals surface area contributed by atoms with Crippen molar-refractivity contribution < 1.29 is 24.2 Å². The van der Waals surface area contributed by atoms with Gasteiger partial charge in [0.25, 0.3) is 5.91 Å². The molecule has 1 heterocycles. The summed E-state index contributed by atoms with van der Waals surface area (Å²) in [5.74, 6) is -1.43. The Hall–Kier alpha value is -2.15. The SMILES string of the molecule is CCCCOCc1cnc(C(=O)NCC(=O)O)c(OC)c1. The molecule has 0 aliphatic carbocycles. The van der Waals surface area contributed by atoms with Gasteiger partial charge in [0.1, 0.15) is 6.54 Å². The molecule has 1 amide bonds. The molecular weight excluding hydrogens is 276 g/mol. The first-order valence-corrected chi connectivity index (χ1v) is 6.69. The first kappa shape index (κ1) is 16.9. The summed E-state index contributed by atoms with van der Waals surface area (Å²) in [7, 11) is 1.42. The highest BCUT2D eigenvalue weighted by Gasteiger charge is 2.15. The lowest BCUT2D eigenvalue weighted by Gasteiger charge is -2.10. The molecule has 1 rings (SSSR count). The number of aliphatic carboxylic acids is 1. The van der Waals surface area contributed by atoms with Gasteiger partial charge in [0, 0.05) is 12.8 Å². The molecule has 0 aliphatic heterocycles.